The van der Waals surface area contributed by atoms with Crippen molar-refractivity contribution in [1.82, 2.24) is 10.3 Å². The van der Waals surface area contributed by atoms with Crippen molar-refractivity contribution in [3.05, 3.63) is 48.2 Å². The number of aromatic nitrogens is 1. The van der Waals surface area contributed by atoms with Gasteiger partial charge >= 0.3 is 0 Å². The molecule has 23 heavy (non-hydrogen) atoms. The van der Waals surface area contributed by atoms with Crippen molar-refractivity contribution >= 4 is 11.5 Å². The summed E-state index contributed by atoms with van der Waals surface area (Å²) in [6.45, 7) is 4.73. The van der Waals surface area contributed by atoms with E-state index in [1.54, 1.807) is 7.11 Å². The highest BCUT2D eigenvalue weighted by Gasteiger charge is 2.20. The maximum Gasteiger partial charge on any atom is 0.142 e. The molecule has 2 aromatic rings. The quantitative estimate of drug-likeness (QED) is 0.916. The lowest BCUT2D eigenvalue weighted by Crippen LogP contribution is -2.46. The number of nitrogens with zero attached hydrogens (tertiary/aromatic N) is 3. The molecule has 0 amide bonds. The summed E-state index contributed by atoms with van der Waals surface area (Å²) in [5.41, 5.74) is 2.41. The van der Waals surface area contributed by atoms with E-state index >= 15 is 0 Å². The second kappa shape index (κ2) is 7.33. The van der Waals surface area contributed by atoms with Crippen LogP contribution in [0.15, 0.2) is 42.6 Å². The van der Waals surface area contributed by atoms with E-state index in [0.29, 0.717) is 0 Å². The Bertz CT molecular complexity index is 624. The molecular weight excluding hydrogens is 288 g/mol. The summed E-state index contributed by atoms with van der Waals surface area (Å²) >= 11 is 0. The molecule has 0 spiro atoms. The van der Waals surface area contributed by atoms with Crippen LogP contribution in [0.25, 0.3) is 0 Å². The zero-order valence-corrected chi connectivity index (χ0v) is 13.8. The van der Waals surface area contributed by atoms with Gasteiger partial charge in [0, 0.05) is 38.9 Å². The molecule has 1 aromatic carbocycles. The molecule has 0 unspecified atom stereocenters. The van der Waals surface area contributed by atoms with Crippen LogP contribution < -0.4 is 19.9 Å². The molecule has 0 saturated carbocycles. The smallest absolute Gasteiger partial charge is 0.142 e. The normalized spacial score (nSPS) is 14.9. The highest BCUT2D eigenvalue weighted by atomic mass is 16.5. The number of benzene rings is 1. The largest absolute Gasteiger partial charge is 0.495 e. The first-order valence-electron chi connectivity index (χ1n) is 8.04. The highest BCUT2D eigenvalue weighted by molar-refractivity contribution is 5.61. The summed E-state index contributed by atoms with van der Waals surface area (Å²) in [6, 6.07) is 12.5. The van der Waals surface area contributed by atoms with E-state index in [4.69, 9.17) is 4.74 Å². The van der Waals surface area contributed by atoms with Crippen LogP contribution in [0.5, 0.6) is 5.75 Å². The number of pyridine rings is 1. The maximum absolute atomic E-state index is 5.60. The zero-order chi connectivity index (χ0) is 16.1. The standard InChI is InChI=1S/C18H24N4O/c1-19-14-15-6-7-16(17(13-15)23-2)21-9-11-22(12-10-21)18-5-3-4-8-20-18/h3-8,13,19H,9-12,14H2,1-2H3. The van der Waals surface area contributed by atoms with Gasteiger partial charge in [-0.15, -0.1) is 0 Å². The molecule has 0 atom stereocenters. The summed E-state index contributed by atoms with van der Waals surface area (Å²) in [5, 5.41) is 3.18. The van der Waals surface area contributed by atoms with Crippen LogP contribution in [0.4, 0.5) is 11.5 Å². The molecule has 1 aliphatic rings. The molecule has 0 radical (unpaired) electrons. The fraction of sp³-hybridized carbons (Fsp3) is 0.389. The monoisotopic (exact) mass is 312 g/mol. The van der Waals surface area contributed by atoms with Crippen LogP contribution in [0.1, 0.15) is 5.56 Å². The summed E-state index contributed by atoms with van der Waals surface area (Å²) in [5.74, 6) is 2.01. The molecule has 1 N–H and O–H groups in total. The van der Waals surface area contributed by atoms with E-state index in [0.717, 1.165) is 44.3 Å². The Morgan fingerprint density at radius 2 is 1.87 bits per heavy atom. The lowest BCUT2D eigenvalue weighted by Gasteiger charge is -2.37. The first-order chi connectivity index (χ1) is 11.3. The first-order valence-corrected chi connectivity index (χ1v) is 8.04. The van der Waals surface area contributed by atoms with Gasteiger partial charge in [0.25, 0.3) is 0 Å². The van der Waals surface area contributed by atoms with E-state index in [-0.39, 0.29) is 0 Å². The van der Waals surface area contributed by atoms with Crippen LogP contribution in [-0.4, -0.2) is 45.3 Å². The van der Waals surface area contributed by atoms with Gasteiger partial charge in [-0.05, 0) is 36.9 Å². The van der Waals surface area contributed by atoms with E-state index in [9.17, 15) is 0 Å². The van der Waals surface area contributed by atoms with Gasteiger partial charge in [0.1, 0.15) is 11.6 Å². The number of anilines is 2. The van der Waals surface area contributed by atoms with E-state index in [1.165, 1.54) is 11.3 Å². The Balaban J connectivity index is 1.70. The lowest BCUT2D eigenvalue weighted by molar-refractivity contribution is 0.413. The van der Waals surface area contributed by atoms with Gasteiger partial charge in [-0.3, -0.25) is 0 Å². The number of hydrogen-bond donors (Lipinski definition) is 1. The fourth-order valence-electron chi connectivity index (χ4n) is 3.01. The second-order valence-electron chi connectivity index (χ2n) is 5.70. The number of piperazine rings is 1. The van der Waals surface area contributed by atoms with Crippen molar-refractivity contribution in [3.63, 3.8) is 0 Å². The third kappa shape index (κ3) is 3.56. The molecule has 3 rings (SSSR count). The average molecular weight is 312 g/mol. The number of rotatable bonds is 5. The van der Waals surface area contributed by atoms with Crippen molar-refractivity contribution in [2.75, 3.05) is 50.1 Å². The minimum Gasteiger partial charge on any atom is -0.495 e. The van der Waals surface area contributed by atoms with Crippen molar-refractivity contribution < 1.29 is 4.74 Å². The van der Waals surface area contributed by atoms with Crippen molar-refractivity contribution in [1.29, 1.82) is 0 Å². The van der Waals surface area contributed by atoms with Gasteiger partial charge < -0.3 is 19.9 Å². The van der Waals surface area contributed by atoms with Crippen LogP contribution in [0, 0.1) is 0 Å². The zero-order valence-electron chi connectivity index (χ0n) is 13.8. The van der Waals surface area contributed by atoms with Gasteiger partial charge in [0.15, 0.2) is 0 Å². The van der Waals surface area contributed by atoms with E-state index in [2.05, 4.69) is 44.4 Å². The van der Waals surface area contributed by atoms with Crippen LogP contribution in [0.3, 0.4) is 0 Å². The maximum atomic E-state index is 5.60. The Morgan fingerprint density at radius 3 is 2.52 bits per heavy atom. The van der Waals surface area contributed by atoms with Crippen molar-refractivity contribution in [2.24, 2.45) is 0 Å². The molecule has 1 aromatic heterocycles. The van der Waals surface area contributed by atoms with Crippen LogP contribution >= 0.6 is 0 Å². The predicted molar refractivity (Wildman–Crippen MR) is 94.4 cm³/mol. The Labute approximate surface area is 137 Å². The SMILES string of the molecule is CNCc1ccc(N2CCN(c3ccccn3)CC2)c(OC)c1. The number of hydrogen-bond acceptors (Lipinski definition) is 5. The van der Waals surface area contributed by atoms with Crippen molar-refractivity contribution in [2.45, 2.75) is 6.54 Å². The summed E-state index contributed by atoms with van der Waals surface area (Å²) in [6.07, 6.45) is 1.85. The highest BCUT2D eigenvalue weighted by Crippen LogP contribution is 2.30. The molecule has 5 nitrogen and oxygen atoms in total. The third-order valence-electron chi connectivity index (χ3n) is 4.22. The van der Waals surface area contributed by atoms with Gasteiger partial charge in [0.05, 0.1) is 12.8 Å². The molecule has 0 aliphatic carbocycles. The van der Waals surface area contributed by atoms with Gasteiger partial charge in [-0.2, -0.15) is 0 Å². The topological polar surface area (TPSA) is 40.6 Å². The molecule has 2 heterocycles. The fourth-order valence-corrected chi connectivity index (χ4v) is 3.01. The summed E-state index contributed by atoms with van der Waals surface area (Å²) in [4.78, 5) is 9.16. The number of methoxy groups -OCH3 is 1. The van der Waals surface area contributed by atoms with E-state index in [1.807, 2.05) is 25.4 Å². The summed E-state index contributed by atoms with van der Waals surface area (Å²) < 4.78 is 5.60. The van der Waals surface area contributed by atoms with Crippen LogP contribution in [0.2, 0.25) is 0 Å². The minimum absolute atomic E-state index is 0.851. The van der Waals surface area contributed by atoms with Crippen molar-refractivity contribution in [3.8, 4) is 5.75 Å². The van der Waals surface area contributed by atoms with Gasteiger partial charge in [0.2, 0.25) is 0 Å². The summed E-state index contributed by atoms with van der Waals surface area (Å²) in [7, 11) is 3.70. The molecule has 0 bridgehead atoms. The molecular formula is C18H24N4O. The van der Waals surface area contributed by atoms with Gasteiger partial charge in [-0.25, -0.2) is 4.98 Å². The average Bonchev–Trinajstić information content (AvgIpc) is 2.63. The number of ether oxygens (including phenoxy) is 1. The molecule has 1 fully saturated rings. The second-order valence-corrected chi connectivity index (χ2v) is 5.70. The predicted octanol–water partition coefficient (Wildman–Crippen LogP) is 2.14. The Hall–Kier alpha value is -2.27. The molecule has 122 valence electrons. The van der Waals surface area contributed by atoms with E-state index < -0.39 is 0 Å². The molecule has 5 heteroatoms. The third-order valence-corrected chi connectivity index (χ3v) is 4.22. The molecule has 1 saturated heterocycles. The van der Waals surface area contributed by atoms with Gasteiger partial charge in [-0.1, -0.05) is 12.1 Å². The Morgan fingerprint density at radius 1 is 1.09 bits per heavy atom. The first kappa shape index (κ1) is 15.6. The lowest BCUT2D eigenvalue weighted by atomic mass is 10.1. The Kier molecular flexibility index (Phi) is 4.98. The minimum atomic E-state index is 0.851. The molecule has 1 aliphatic heterocycles. The van der Waals surface area contributed by atoms with Crippen LogP contribution in [-0.2, 0) is 6.54 Å². The number of nitrogens with one attached hydrogen (secondary N) is 1.